The van der Waals surface area contributed by atoms with Crippen LogP contribution in [0, 0.1) is 5.82 Å². The van der Waals surface area contributed by atoms with Crippen LogP contribution < -0.4 is 15.6 Å². The monoisotopic (exact) mass is 406 g/mol. The van der Waals surface area contributed by atoms with Crippen LogP contribution in [0.2, 0.25) is 0 Å². The fourth-order valence-electron chi connectivity index (χ4n) is 2.39. The third-order valence-electron chi connectivity index (χ3n) is 3.77. The summed E-state index contributed by atoms with van der Waals surface area (Å²) in [5.74, 6) is 1.38. The molecule has 5 nitrogen and oxygen atoms in total. The van der Waals surface area contributed by atoms with E-state index in [2.05, 4.69) is 10.9 Å². The van der Waals surface area contributed by atoms with Crippen LogP contribution in [0.1, 0.15) is 26.9 Å². The zero-order chi connectivity index (χ0) is 19.1. The highest BCUT2D eigenvalue weighted by molar-refractivity contribution is 8.16. The number of amides is 2. The molecule has 0 radical (unpaired) electrons. The van der Waals surface area contributed by atoms with E-state index < -0.39 is 11.8 Å². The van der Waals surface area contributed by atoms with Gasteiger partial charge in [-0.05, 0) is 59.9 Å². The third kappa shape index (κ3) is 5.90. The van der Waals surface area contributed by atoms with Gasteiger partial charge in [0.2, 0.25) is 0 Å². The van der Waals surface area contributed by atoms with Crippen molar-refractivity contribution in [1.29, 1.82) is 0 Å². The van der Waals surface area contributed by atoms with E-state index in [9.17, 15) is 14.0 Å². The van der Waals surface area contributed by atoms with Crippen LogP contribution in [0.3, 0.4) is 0 Å². The molecule has 1 saturated heterocycles. The number of carbonyl (C=O) groups is 2. The average molecular weight is 407 g/mol. The van der Waals surface area contributed by atoms with E-state index in [1.54, 1.807) is 12.1 Å². The number of halogens is 1. The molecule has 0 atom stereocenters. The molecule has 0 bridgehead atoms. The summed E-state index contributed by atoms with van der Waals surface area (Å²) in [7, 11) is 0. The van der Waals surface area contributed by atoms with Crippen molar-refractivity contribution in [3.05, 3.63) is 65.5 Å². The Morgan fingerprint density at radius 2 is 1.67 bits per heavy atom. The summed E-state index contributed by atoms with van der Waals surface area (Å²) in [4.78, 5) is 23.9. The minimum atomic E-state index is -0.515. The smallest absolute Gasteiger partial charge is 0.276 e. The maximum Gasteiger partial charge on any atom is 0.276 e. The maximum absolute atomic E-state index is 12.8. The van der Waals surface area contributed by atoms with Gasteiger partial charge in [0.15, 0.2) is 6.61 Å². The van der Waals surface area contributed by atoms with E-state index in [0.717, 1.165) is 11.5 Å². The van der Waals surface area contributed by atoms with Crippen molar-refractivity contribution in [2.45, 2.75) is 11.0 Å². The minimum Gasteiger partial charge on any atom is -0.484 e. The minimum absolute atomic E-state index is 0.291. The second kappa shape index (κ2) is 9.66. The van der Waals surface area contributed by atoms with Crippen molar-refractivity contribution in [3.8, 4) is 5.75 Å². The fourth-order valence-corrected chi connectivity index (χ4v) is 5.28. The quantitative estimate of drug-likeness (QED) is 0.744. The van der Waals surface area contributed by atoms with Gasteiger partial charge in [-0.3, -0.25) is 20.4 Å². The summed E-state index contributed by atoms with van der Waals surface area (Å²) in [6.45, 7) is -0.291. The van der Waals surface area contributed by atoms with E-state index in [-0.39, 0.29) is 12.4 Å². The van der Waals surface area contributed by atoms with Gasteiger partial charge in [-0.2, -0.15) is 0 Å². The molecule has 0 unspecified atom stereocenters. The van der Waals surface area contributed by atoms with Crippen LogP contribution in [0.4, 0.5) is 4.39 Å². The van der Waals surface area contributed by atoms with Crippen molar-refractivity contribution in [3.63, 3.8) is 0 Å². The molecule has 2 amide bonds. The van der Waals surface area contributed by atoms with E-state index >= 15 is 0 Å². The molecule has 0 aliphatic carbocycles. The van der Waals surface area contributed by atoms with Crippen LogP contribution in [0.25, 0.3) is 0 Å². The molecule has 3 rings (SSSR count). The number of hydrogen-bond acceptors (Lipinski definition) is 5. The summed E-state index contributed by atoms with van der Waals surface area (Å²) in [5.41, 5.74) is 6.30. The van der Waals surface area contributed by atoms with Crippen LogP contribution in [0.15, 0.2) is 48.5 Å². The third-order valence-corrected chi connectivity index (χ3v) is 6.79. The van der Waals surface area contributed by atoms with Gasteiger partial charge >= 0.3 is 0 Å². The van der Waals surface area contributed by atoms with Gasteiger partial charge in [0, 0.05) is 5.56 Å². The Labute approximate surface area is 165 Å². The molecular weight excluding hydrogens is 387 g/mol. The number of carbonyl (C=O) groups excluding carboxylic acids is 2. The van der Waals surface area contributed by atoms with Gasteiger partial charge < -0.3 is 4.74 Å². The zero-order valence-corrected chi connectivity index (χ0v) is 16.1. The number of ether oxygens (including phenoxy) is 1. The van der Waals surface area contributed by atoms with Crippen LogP contribution in [-0.2, 0) is 4.79 Å². The van der Waals surface area contributed by atoms with Crippen molar-refractivity contribution in [2.24, 2.45) is 0 Å². The lowest BCUT2D eigenvalue weighted by atomic mass is 10.1. The molecule has 1 heterocycles. The van der Waals surface area contributed by atoms with Crippen molar-refractivity contribution < 1.29 is 18.7 Å². The number of thioether (sulfide) groups is 2. The summed E-state index contributed by atoms with van der Waals surface area (Å²) >= 11 is 3.84. The topological polar surface area (TPSA) is 67.4 Å². The van der Waals surface area contributed by atoms with Crippen LogP contribution in [-0.4, -0.2) is 29.9 Å². The molecule has 0 spiro atoms. The van der Waals surface area contributed by atoms with Gasteiger partial charge in [-0.1, -0.05) is 12.1 Å². The second-order valence-corrected chi connectivity index (χ2v) is 8.52. The summed E-state index contributed by atoms with van der Waals surface area (Å²) in [5, 5.41) is 0. The van der Waals surface area contributed by atoms with Crippen molar-refractivity contribution in [2.75, 3.05) is 18.1 Å². The summed E-state index contributed by atoms with van der Waals surface area (Å²) < 4.78 is 18.4. The standard InChI is InChI=1S/C19H19FN2O3S2/c20-15-6-8-16(9-7-15)25-12-17(23)21-22-18(24)13-2-4-14(5-3-13)19-26-10-1-11-27-19/h2-9,19H,1,10-12H2,(H,21,23)(H,22,24). The Hall–Kier alpha value is -2.19. The predicted octanol–water partition coefficient (Wildman–Crippen LogP) is 3.53. The first-order valence-corrected chi connectivity index (χ1v) is 10.5. The molecular formula is C19H19FN2O3S2. The Bertz CT molecular complexity index is 779. The highest BCUT2D eigenvalue weighted by atomic mass is 32.2. The summed E-state index contributed by atoms with van der Waals surface area (Å²) in [6, 6.07) is 12.7. The molecule has 27 heavy (non-hydrogen) atoms. The lowest BCUT2D eigenvalue weighted by Gasteiger charge is -2.21. The Kier molecular flexibility index (Phi) is 7.00. The van der Waals surface area contributed by atoms with E-state index in [0.29, 0.717) is 15.9 Å². The number of hydrogen-bond donors (Lipinski definition) is 2. The highest BCUT2D eigenvalue weighted by Gasteiger charge is 2.17. The molecule has 0 aromatic heterocycles. The Morgan fingerprint density at radius 3 is 2.33 bits per heavy atom. The molecule has 8 heteroatoms. The van der Waals surface area contributed by atoms with E-state index in [4.69, 9.17) is 4.74 Å². The molecule has 142 valence electrons. The van der Waals surface area contributed by atoms with Crippen LogP contribution >= 0.6 is 23.5 Å². The Morgan fingerprint density at radius 1 is 1.00 bits per heavy atom. The number of hydrazine groups is 1. The molecule has 2 aromatic carbocycles. The predicted molar refractivity (Wildman–Crippen MR) is 106 cm³/mol. The molecule has 1 aliphatic rings. The largest absolute Gasteiger partial charge is 0.484 e. The van der Waals surface area contributed by atoms with Gasteiger partial charge in [-0.25, -0.2) is 4.39 Å². The first-order valence-electron chi connectivity index (χ1n) is 8.42. The number of rotatable bonds is 5. The molecule has 2 N–H and O–H groups in total. The first kappa shape index (κ1) is 19.6. The molecule has 2 aromatic rings. The lowest BCUT2D eigenvalue weighted by molar-refractivity contribution is -0.123. The van der Waals surface area contributed by atoms with E-state index in [1.165, 1.54) is 36.2 Å². The van der Waals surface area contributed by atoms with Gasteiger partial charge in [0.25, 0.3) is 11.8 Å². The highest BCUT2D eigenvalue weighted by Crippen LogP contribution is 2.43. The maximum atomic E-state index is 12.8. The molecule has 1 aliphatic heterocycles. The van der Waals surface area contributed by atoms with Crippen molar-refractivity contribution >= 4 is 35.3 Å². The number of nitrogens with one attached hydrogen (secondary N) is 2. The van der Waals surface area contributed by atoms with Gasteiger partial charge in [-0.15, -0.1) is 23.5 Å². The second-order valence-electron chi connectivity index (χ2n) is 5.79. The SMILES string of the molecule is O=C(COc1ccc(F)cc1)NNC(=O)c1ccc(C2SCCCS2)cc1. The normalized spacial score (nSPS) is 14.4. The lowest BCUT2D eigenvalue weighted by Crippen LogP contribution is -2.43. The Balaban J connectivity index is 1.44. The molecule has 0 saturated carbocycles. The average Bonchev–Trinajstić information content (AvgIpc) is 2.72. The zero-order valence-electron chi connectivity index (χ0n) is 14.4. The number of benzene rings is 2. The molecule has 1 fully saturated rings. The van der Waals surface area contributed by atoms with Gasteiger partial charge in [0.1, 0.15) is 11.6 Å². The van der Waals surface area contributed by atoms with Crippen molar-refractivity contribution in [1.82, 2.24) is 10.9 Å². The first-order chi connectivity index (χ1) is 13.1. The van der Waals surface area contributed by atoms with Crippen LogP contribution in [0.5, 0.6) is 5.75 Å². The van der Waals surface area contributed by atoms with Gasteiger partial charge in [0.05, 0.1) is 4.58 Å². The van der Waals surface area contributed by atoms with E-state index in [1.807, 2.05) is 35.7 Å². The fraction of sp³-hybridized carbons (Fsp3) is 0.263. The summed E-state index contributed by atoms with van der Waals surface area (Å²) in [6.07, 6.45) is 1.23.